The molecule has 2 fully saturated rings. The summed E-state index contributed by atoms with van der Waals surface area (Å²) in [6, 6.07) is 7.40. The van der Waals surface area contributed by atoms with Gasteiger partial charge in [0, 0.05) is 37.1 Å². The molecule has 0 radical (unpaired) electrons. The normalized spacial score (nSPS) is 23.4. The van der Waals surface area contributed by atoms with Gasteiger partial charge in [0.15, 0.2) is 0 Å². The average molecular weight is 412 g/mol. The van der Waals surface area contributed by atoms with Crippen molar-refractivity contribution in [1.29, 1.82) is 0 Å². The van der Waals surface area contributed by atoms with Gasteiger partial charge in [-0.15, -0.1) is 0 Å². The molecule has 1 aromatic heterocycles. The molecule has 2 saturated heterocycles. The van der Waals surface area contributed by atoms with Crippen molar-refractivity contribution in [3.63, 3.8) is 0 Å². The fraction of sp³-hybridized carbons (Fsp3) is 0.500. The Labute approximate surface area is 176 Å². The Hall–Kier alpha value is -2.87. The van der Waals surface area contributed by atoms with Gasteiger partial charge in [-0.3, -0.25) is 14.3 Å². The largest absolute Gasteiger partial charge is 0.496 e. The standard InChI is InChI=1S/C22H29N5O3/c1-3-5-18-22(29)27-14-17(11-19(27)21(28)25-18)23-12-15-6-7-20(30-2)16(10-15)13-26-9-4-8-24-26/h4,6-10,17-19,23H,3,5,11-14H2,1-2H3,(H,25,28)/t17-,18-,19-/m0/s1. The van der Waals surface area contributed by atoms with Gasteiger partial charge in [-0.2, -0.15) is 5.10 Å². The smallest absolute Gasteiger partial charge is 0.245 e. The molecule has 0 spiro atoms. The summed E-state index contributed by atoms with van der Waals surface area (Å²) in [7, 11) is 1.67. The van der Waals surface area contributed by atoms with Gasteiger partial charge in [-0.25, -0.2) is 0 Å². The first-order valence-electron chi connectivity index (χ1n) is 10.6. The van der Waals surface area contributed by atoms with Crippen LogP contribution in [0.4, 0.5) is 0 Å². The average Bonchev–Trinajstić information content (AvgIpc) is 3.41. The Balaban J connectivity index is 1.39. The minimum atomic E-state index is -0.371. The molecule has 2 N–H and O–H groups in total. The van der Waals surface area contributed by atoms with Crippen LogP contribution >= 0.6 is 0 Å². The summed E-state index contributed by atoms with van der Waals surface area (Å²) >= 11 is 0. The lowest BCUT2D eigenvalue weighted by Gasteiger charge is -2.34. The molecule has 2 amide bonds. The highest BCUT2D eigenvalue weighted by Crippen LogP contribution is 2.25. The lowest BCUT2D eigenvalue weighted by molar-refractivity contribution is -0.147. The molecule has 4 rings (SSSR count). The van der Waals surface area contributed by atoms with E-state index in [0.29, 0.717) is 32.5 Å². The van der Waals surface area contributed by atoms with Crippen molar-refractivity contribution in [2.45, 2.75) is 57.4 Å². The van der Waals surface area contributed by atoms with E-state index < -0.39 is 0 Å². The molecule has 0 saturated carbocycles. The van der Waals surface area contributed by atoms with Crippen molar-refractivity contribution in [2.24, 2.45) is 0 Å². The van der Waals surface area contributed by atoms with E-state index in [-0.39, 0.29) is 29.9 Å². The topological polar surface area (TPSA) is 88.5 Å². The predicted octanol–water partition coefficient (Wildman–Crippen LogP) is 1.30. The molecule has 160 valence electrons. The zero-order valence-corrected chi connectivity index (χ0v) is 17.5. The molecule has 2 aliphatic heterocycles. The molecule has 3 atom stereocenters. The van der Waals surface area contributed by atoms with Gasteiger partial charge in [0.2, 0.25) is 11.8 Å². The molecule has 0 bridgehead atoms. The maximum absolute atomic E-state index is 12.7. The van der Waals surface area contributed by atoms with Crippen LogP contribution in [0.3, 0.4) is 0 Å². The number of amides is 2. The summed E-state index contributed by atoms with van der Waals surface area (Å²) in [6.07, 6.45) is 5.89. The first kappa shape index (κ1) is 20.4. The minimum absolute atomic E-state index is 0.0247. The van der Waals surface area contributed by atoms with Crippen molar-refractivity contribution >= 4 is 11.8 Å². The molecular weight excluding hydrogens is 382 g/mol. The molecule has 2 aromatic rings. The van der Waals surface area contributed by atoms with Gasteiger partial charge >= 0.3 is 0 Å². The Kier molecular flexibility index (Phi) is 6.03. The van der Waals surface area contributed by atoms with Crippen molar-refractivity contribution in [1.82, 2.24) is 25.3 Å². The van der Waals surface area contributed by atoms with Crippen molar-refractivity contribution in [3.05, 3.63) is 47.8 Å². The van der Waals surface area contributed by atoms with E-state index in [2.05, 4.69) is 21.8 Å². The first-order chi connectivity index (χ1) is 14.6. The number of hydrogen-bond donors (Lipinski definition) is 2. The molecule has 3 heterocycles. The van der Waals surface area contributed by atoms with Gasteiger partial charge in [0.1, 0.15) is 17.8 Å². The Morgan fingerprint density at radius 3 is 2.93 bits per heavy atom. The molecule has 8 heteroatoms. The highest BCUT2D eigenvalue weighted by Gasteiger charge is 2.45. The van der Waals surface area contributed by atoms with Gasteiger partial charge in [0.05, 0.1) is 13.7 Å². The fourth-order valence-electron chi connectivity index (χ4n) is 4.39. The summed E-state index contributed by atoms with van der Waals surface area (Å²) in [5, 5.41) is 10.7. The molecule has 0 unspecified atom stereocenters. The number of fused-ring (bicyclic) bond motifs is 1. The van der Waals surface area contributed by atoms with Crippen LogP contribution in [0, 0.1) is 0 Å². The second-order valence-corrected chi connectivity index (χ2v) is 8.02. The Morgan fingerprint density at radius 1 is 1.33 bits per heavy atom. The Morgan fingerprint density at radius 2 is 2.20 bits per heavy atom. The molecule has 30 heavy (non-hydrogen) atoms. The van der Waals surface area contributed by atoms with Crippen molar-refractivity contribution in [3.8, 4) is 5.75 Å². The first-order valence-corrected chi connectivity index (χ1v) is 10.6. The summed E-state index contributed by atoms with van der Waals surface area (Å²) in [5.74, 6) is 0.858. The SMILES string of the molecule is CCC[C@@H]1NC(=O)[C@@H]2C[C@H](NCc3ccc(OC)c(Cn4cccn4)c3)CN2C1=O. The van der Waals surface area contributed by atoms with Crippen molar-refractivity contribution < 1.29 is 14.3 Å². The molecule has 0 aliphatic carbocycles. The van der Waals surface area contributed by atoms with Crippen LogP contribution in [0.2, 0.25) is 0 Å². The second-order valence-electron chi connectivity index (χ2n) is 8.02. The number of methoxy groups -OCH3 is 1. The number of ether oxygens (including phenoxy) is 1. The van der Waals surface area contributed by atoms with E-state index in [0.717, 1.165) is 23.3 Å². The van der Waals surface area contributed by atoms with Gasteiger partial charge in [-0.1, -0.05) is 19.4 Å². The minimum Gasteiger partial charge on any atom is -0.496 e. The lowest BCUT2D eigenvalue weighted by Crippen LogP contribution is -2.61. The summed E-state index contributed by atoms with van der Waals surface area (Å²) in [4.78, 5) is 26.9. The summed E-state index contributed by atoms with van der Waals surface area (Å²) in [5.41, 5.74) is 2.18. The molecule has 8 nitrogen and oxygen atoms in total. The van der Waals surface area contributed by atoms with Crippen molar-refractivity contribution in [2.75, 3.05) is 13.7 Å². The van der Waals surface area contributed by atoms with E-state index in [1.165, 1.54) is 0 Å². The summed E-state index contributed by atoms with van der Waals surface area (Å²) in [6.45, 7) is 3.90. The maximum Gasteiger partial charge on any atom is 0.245 e. The van der Waals surface area contributed by atoms with Crippen LogP contribution in [-0.2, 0) is 22.7 Å². The quantitative estimate of drug-likeness (QED) is 0.684. The van der Waals surface area contributed by atoms with Crippen LogP contribution in [0.25, 0.3) is 0 Å². The number of piperazine rings is 1. The zero-order chi connectivity index (χ0) is 21.1. The highest BCUT2D eigenvalue weighted by atomic mass is 16.5. The molecular formula is C22H29N5O3. The van der Waals surface area contributed by atoms with Gasteiger partial charge in [-0.05, 0) is 36.6 Å². The maximum atomic E-state index is 12.7. The number of carbonyl (C=O) groups is 2. The van der Waals surface area contributed by atoms with E-state index in [4.69, 9.17) is 4.74 Å². The van der Waals surface area contributed by atoms with E-state index in [9.17, 15) is 9.59 Å². The van der Waals surface area contributed by atoms with Crippen LogP contribution in [0.15, 0.2) is 36.7 Å². The van der Waals surface area contributed by atoms with Crippen LogP contribution in [0.1, 0.15) is 37.3 Å². The third-order valence-electron chi connectivity index (χ3n) is 5.91. The highest BCUT2D eigenvalue weighted by molar-refractivity contribution is 5.97. The van der Waals surface area contributed by atoms with E-state index >= 15 is 0 Å². The molecule has 1 aromatic carbocycles. The number of carbonyl (C=O) groups excluding carboxylic acids is 2. The summed E-state index contributed by atoms with van der Waals surface area (Å²) < 4.78 is 7.36. The number of nitrogens with zero attached hydrogens (tertiary/aromatic N) is 3. The number of rotatable bonds is 8. The third kappa shape index (κ3) is 4.18. The third-order valence-corrected chi connectivity index (χ3v) is 5.91. The number of nitrogens with one attached hydrogen (secondary N) is 2. The van der Waals surface area contributed by atoms with E-state index in [1.54, 1.807) is 18.2 Å². The van der Waals surface area contributed by atoms with Crippen LogP contribution < -0.4 is 15.4 Å². The van der Waals surface area contributed by atoms with Crippen LogP contribution in [0.5, 0.6) is 5.75 Å². The predicted molar refractivity (Wildman–Crippen MR) is 112 cm³/mol. The number of hydrogen-bond acceptors (Lipinski definition) is 5. The van der Waals surface area contributed by atoms with Gasteiger partial charge in [0.25, 0.3) is 0 Å². The van der Waals surface area contributed by atoms with Gasteiger partial charge < -0.3 is 20.3 Å². The Bertz CT molecular complexity index is 898. The monoisotopic (exact) mass is 411 g/mol. The number of benzene rings is 1. The number of aromatic nitrogens is 2. The van der Waals surface area contributed by atoms with Crippen LogP contribution in [-0.4, -0.2) is 58.3 Å². The zero-order valence-electron chi connectivity index (χ0n) is 17.5. The fourth-order valence-corrected chi connectivity index (χ4v) is 4.39. The molecule has 2 aliphatic rings. The second kappa shape index (κ2) is 8.87. The lowest BCUT2D eigenvalue weighted by atomic mass is 10.0. The van der Waals surface area contributed by atoms with E-state index in [1.807, 2.05) is 36.0 Å².